The molecular weight excluding hydrogens is 252 g/mol. The molecule has 0 aliphatic heterocycles. The molecule has 0 aromatic carbocycles. The summed E-state index contributed by atoms with van der Waals surface area (Å²) in [5.41, 5.74) is 5.62. The number of carboxylic acid groups (broad SMARTS) is 2. The fourth-order valence-corrected chi connectivity index (χ4v) is 1.92. The Kier molecular flexibility index (Phi) is 5.50. The Bertz CT molecular complexity index is 394. The van der Waals surface area contributed by atoms with Gasteiger partial charge in [-0.25, -0.2) is 4.79 Å². The molecule has 1 amide bonds. The third-order valence-corrected chi connectivity index (χ3v) is 2.95. The van der Waals surface area contributed by atoms with Gasteiger partial charge in [0.05, 0.1) is 5.92 Å². The molecule has 1 aliphatic rings. The van der Waals surface area contributed by atoms with Crippen LogP contribution in [0.15, 0.2) is 12.2 Å². The molecular formula is C12H18N2O5. The van der Waals surface area contributed by atoms with Crippen molar-refractivity contribution < 1.29 is 24.6 Å². The number of rotatable bonds is 7. The summed E-state index contributed by atoms with van der Waals surface area (Å²) in [5, 5.41) is 19.9. The van der Waals surface area contributed by atoms with Gasteiger partial charge in [0.15, 0.2) is 0 Å². The number of hydrogen-bond acceptors (Lipinski definition) is 4. The van der Waals surface area contributed by atoms with Gasteiger partial charge in [-0.1, -0.05) is 12.2 Å². The second kappa shape index (κ2) is 6.89. The van der Waals surface area contributed by atoms with Crippen molar-refractivity contribution in [3.8, 4) is 0 Å². The van der Waals surface area contributed by atoms with Crippen LogP contribution in [0.5, 0.6) is 0 Å². The fourth-order valence-electron chi connectivity index (χ4n) is 1.92. The van der Waals surface area contributed by atoms with Crippen molar-refractivity contribution in [2.45, 2.75) is 37.8 Å². The van der Waals surface area contributed by atoms with E-state index in [0.717, 1.165) is 0 Å². The Balaban J connectivity index is 2.44. The van der Waals surface area contributed by atoms with Crippen LogP contribution < -0.4 is 11.1 Å². The van der Waals surface area contributed by atoms with E-state index < -0.39 is 23.9 Å². The van der Waals surface area contributed by atoms with Crippen molar-refractivity contribution in [1.82, 2.24) is 5.32 Å². The standard InChI is InChI=1S/C12H18N2O5/c13-8-5-4-7(6-8)11(17)14-9(12(18)19)2-1-3-10(15)16/h4-5,7-9H,1-3,6,13H2,(H,14,17)(H,15,16)(H,18,19)/t7?,8?,9-/m1/s1. The maximum Gasteiger partial charge on any atom is 0.326 e. The highest BCUT2D eigenvalue weighted by Gasteiger charge is 2.27. The van der Waals surface area contributed by atoms with Crippen molar-refractivity contribution in [1.29, 1.82) is 0 Å². The van der Waals surface area contributed by atoms with Crippen molar-refractivity contribution in [3.05, 3.63) is 12.2 Å². The Hall–Kier alpha value is -1.89. The quantitative estimate of drug-likeness (QED) is 0.470. The van der Waals surface area contributed by atoms with Gasteiger partial charge in [0, 0.05) is 12.5 Å². The second-order valence-corrected chi connectivity index (χ2v) is 4.58. The Labute approximate surface area is 110 Å². The Morgan fingerprint density at radius 2 is 2.00 bits per heavy atom. The van der Waals surface area contributed by atoms with E-state index in [1.54, 1.807) is 12.2 Å². The maximum atomic E-state index is 11.8. The van der Waals surface area contributed by atoms with Crippen LogP contribution in [0.1, 0.15) is 25.7 Å². The summed E-state index contributed by atoms with van der Waals surface area (Å²) in [6, 6.07) is -1.23. The average Bonchev–Trinajstić information content (AvgIpc) is 2.73. The van der Waals surface area contributed by atoms with Gasteiger partial charge in [-0.15, -0.1) is 0 Å². The number of carbonyl (C=O) groups excluding carboxylic acids is 1. The summed E-state index contributed by atoms with van der Waals surface area (Å²) >= 11 is 0. The number of nitrogens with two attached hydrogens (primary N) is 1. The Morgan fingerprint density at radius 1 is 1.32 bits per heavy atom. The molecule has 7 heteroatoms. The molecule has 5 N–H and O–H groups in total. The summed E-state index contributed by atoms with van der Waals surface area (Å²) in [7, 11) is 0. The zero-order valence-corrected chi connectivity index (χ0v) is 10.4. The molecule has 0 heterocycles. The normalized spacial score (nSPS) is 23.0. The van der Waals surface area contributed by atoms with E-state index in [1.807, 2.05) is 0 Å². The van der Waals surface area contributed by atoms with Gasteiger partial charge >= 0.3 is 11.9 Å². The molecule has 1 aliphatic carbocycles. The predicted octanol–water partition coefficient (Wildman–Crippen LogP) is -0.286. The molecule has 0 aromatic rings. The van der Waals surface area contributed by atoms with E-state index in [2.05, 4.69) is 5.32 Å². The number of carbonyl (C=O) groups is 3. The van der Waals surface area contributed by atoms with Crippen LogP contribution in [0.2, 0.25) is 0 Å². The lowest BCUT2D eigenvalue weighted by molar-refractivity contribution is -0.143. The molecule has 0 saturated heterocycles. The SMILES string of the molecule is NC1C=CC(C(=O)N[C@H](CCCC(=O)O)C(=O)O)C1. The van der Waals surface area contributed by atoms with E-state index in [0.29, 0.717) is 6.42 Å². The minimum Gasteiger partial charge on any atom is -0.481 e. The third kappa shape index (κ3) is 5.09. The number of amides is 1. The summed E-state index contributed by atoms with van der Waals surface area (Å²) in [6.45, 7) is 0. The summed E-state index contributed by atoms with van der Waals surface area (Å²) < 4.78 is 0. The van der Waals surface area contributed by atoms with Gasteiger partial charge in [0.1, 0.15) is 6.04 Å². The van der Waals surface area contributed by atoms with Gasteiger partial charge in [0.2, 0.25) is 5.91 Å². The molecule has 0 bridgehead atoms. The first kappa shape index (κ1) is 15.2. The molecule has 0 saturated carbocycles. The minimum atomic E-state index is -1.16. The number of carboxylic acids is 2. The summed E-state index contributed by atoms with van der Waals surface area (Å²) in [6.07, 6.45) is 4.02. The fraction of sp³-hybridized carbons (Fsp3) is 0.583. The van der Waals surface area contributed by atoms with Crippen LogP contribution in [0.3, 0.4) is 0 Å². The average molecular weight is 270 g/mol. The molecule has 3 atom stereocenters. The maximum absolute atomic E-state index is 11.8. The van der Waals surface area contributed by atoms with Crippen LogP contribution in [0.25, 0.3) is 0 Å². The van der Waals surface area contributed by atoms with E-state index in [4.69, 9.17) is 15.9 Å². The van der Waals surface area contributed by atoms with Crippen molar-refractivity contribution in [2.75, 3.05) is 0 Å². The zero-order valence-electron chi connectivity index (χ0n) is 10.4. The van der Waals surface area contributed by atoms with Crippen LogP contribution >= 0.6 is 0 Å². The lowest BCUT2D eigenvalue weighted by Gasteiger charge is -2.16. The molecule has 2 unspecified atom stereocenters. The molecule has 7 nitrogen and oxygen atoms in total. The Morgan fingerprint density at radius 3 is 2.47 bits per heavy atom. The van der Waals surface area contributed by atoms with Crippen molar-refractivity contribution >= 4 is 17.8 Å². The van der Waals surface area contributed by atoms with E-state index >= 15 is 0 Å². The zero-order chi connectivity index (χ0) is 14.4. The molecule has 0 aromatic heterocycles. The number of aliphatic carboxylic acids is 2. The van der Waals surface area contributed by atoms with Gasteiger partial charge < -0.3 is 21.3 Å². The van der Waals surface area contributed by atoms with Gasteiger partial charge in [0.25, 0.3) is 0 Å². The van der Waals surface area contributed by atoms with Crippen LogP contribution in [0.4, 0.5) is 0 Å². The topological polar surface area (TPSA) is 130 Å². The van der Waals surface area contributed by atoms with Crippen LogP contribution in [-0.2, 0) is 14.4 Å². The van der Waals surface area contributed by atoms with Gasteiger partial charge in [-0.2, -0.15) is 0 Å². The molecule has 0 spiro atoms. The summed E-state index contributed by atoms with van der Waals surface area (Å²) in [4.78, 5) is 33.2. The van der Waals surface area contributed by atoms with Crippen LogP contribution in [-0.4, -0.2) is 40.1 Å². The largest absolute Gasteiger partial charge is 0.481 e. The molecule has 1 rings (SSSR count). The highest BCUT2D eigenvalue weighted by atomic mass is 16.4. The molecule has 19 heavy (non-hydrogen) atoms. The number of hydrogen-bond donors (Lipinski definition) is 4. The molecule has 0 radical (unpaired) electrons. The van der Waals surface area contributed by atoms with Gasteiger partial charge in [-0.05, 0) is 19.3 Å². The first-order chi connectivity index (χ1) is 8.90. The summed E-state index contributed by atoms with van der Waals surface area (Å²) in [5.74, 6) is -2.94. The third-order valence-electron chi connectivity index (χ3n) is 2.95. The van der Waals surface area contributed by atoms with Crippen molar-refractivity contribution in [3.63, 3.8) is 0 Å². The van der Waals surface area contributed by atoms with E-state index in [1.165, 1.54) is 0 Å². The van der Waals surface area contributed by atoms with E-state index in [-0.39, 0.29) is 31.2 Å². The highest BCUT2D eigenvalue weighted by Crippen LogP contribution is 2.17. The van der Waals surface area contributed by atoms with Crippen molar-refractivity contribution in [2.24, 2.45) is 11.7 Å². The minimum absolute atomic E-state index is 0.0931. The van der Waals surface area contributed by atoms with Gasteiger partial charge in [-0.3, -0.25) is 9.59 Å². The monoisotopic (exact) mass is 270 g/mol. The molecule has 106 valence electrons. The van der Waals surface area contributed by atoms with Crippen LogP contribution in [0, 0.1) is 5.92 Å². The lowest BCUT2D eigenvalue weighted by atomic mass is 10.0. The lowest BCUT2D eigenvalue weighted by Crippen LogP contribution is -2.43. The van der Waals surface area contributed by atoms with E-state index in [9.17, 15) is 14.4 Å². The predicted molar refractivity (Wildman–Crippen MR) is 66.3 cm³/mol. The smallest absolute Gasteiger partial charge is 0.326 e. The highest BCUT2D eigenvalue weighted by molar-refractivity contribution is 5.86. The number of nitrogens with one attached hydrogen (secondary N) is 1. The second-order valence-electron chi connectivity index (χ2n) is 4.58. The molecule has 0 fully saturated rings. The first-order valence-corrected chi connectivity index (χ1v) is 6.09. The first-order valence-electron chi connectivity index (χ1n) is 6.09.